The van der Waals surface area contributed by atoms with Gasteiger partial charge in [-0.1, -0.05) is 5.16 Å². The van der Waals surface area contributed by atoms with Gasteiger partial charge in [0, 0.05) is 12.5 Å². The zero-order valence-corrected chi connectivity index (χ0v) is 14.5. The first-order chi connectivity index (χ1) is 12.0. The van der Waals surface area contributed by atoms with Crippen LogP contribution in [0.3, 0.4) is 0 Å². The fourth-order valence-corrected chi connectivity index (χ4v) is 3.01. The van der Waals surface area contributed by atoms with Crippen molar-refractivity contribution in [2.45, 2.75) is 38.8 Å². The van der Waals surface area contributed by atoms with Gasteiger partial charge in [-0.25, -0.2) is 0 Å². The number of nitrogens with zero attached hydrogens (tertiary/aromatic N) is 3. The van der Waals surface area contributed by atoms with Crippen LogP contribution in [0.25, 0.3) is 11.6 Å². The highest BCUT2D eigenvalue weighted by Gasteiger charge is 2.30. The summed E-state index contributed by atoms with van der Waals surface area (Å²) < 4.78 is 10.7. The highest BCUT2D eigenvalue weighted by Crippen LogP contribution is 2.27. The van der Waals surface area contributed by atoms with E-state index in [-0.39, 0.29) is 17.9 Å². The van der Waals surface area contributed by atoms with Gasteiger partial charge in [0.25, 0.3) is 0 Å². The summed E-state index contributed by atoms with van der Waals surface area (Å²) in [6.07, 6.45) is 2.59. The van der Waals surface area contributed by atoms with Crippen LogP contribution in [0.15, 0.2) is 27.3 Å². The Bertz CT molecular complexity index is 675. The predicted molar refractivity (Wildman–Crippen MR) is 89.4 cm³/mol. The number of aliphatic hydroxyl groups is 1. The smallest absolute Gasteiger partial charge is 0.244 e. The van der Waals surface area contributed by atoms with E-state index in [0.717, 1.165) is 25.9 Å². The Kier molecular flexibility index (Phi) is 5.50. The normalized spacial score (nSPS) is 18.8. The summed E-state index contributed by atoms with van der Waals surface area (Å²) in [7, 11) is 0. The zero-order chi connectivity index (χ0) is 17.8. The molecule has 0 spiro atoms. The molecule has 1 amide bonds. The molecule has 0 saturated carbocycles. The van der Waals surface area contributed by atoms with Gasteiger partial charge in [0.1, 0.15) is 0 Å². The second-order valence-electron chi connectivity index (χ2n) is 6.51. The Hall–Kier alpha value is -2.19. The van der Waals surface area contributed by atoms with Crippen molar-refractivity contribution < 1.29 is 18.8 Å². The zero-order valence-electron chi connectivity index (χ0n) is 14.5. The van der Waals surface area contributed by atoms with Gasteiger partial charge in [0.05, 0.1) is 18.4 Å². The first-order valence-corrected chi connectivity index (χ1v) is 8.62. The van der Waals surface area contributed by atoms with Gasteiger partial charge in [-0.05, 0) is 51.9 Å². The summed E-state index contributed by atoms with van der Waals surface area (Å²) in [6.45, 7) is 5.55. The van der Waals surface area contributed by atoms with E-state index >= 15 is 0 Å². The molecule has 3 rings (SSSR count). The van der Waals surface area contributed by atoms with Crippen molar-refractivity contribution in [3.8, 4) is 11.6 Å². The van der Waals surface area contributed by atoms with Crippen molar-refractivity contribution in [3.63, 3.8) is 0 Å². The first kappa shape index (κ1) is 17.6. The van der Waals surface area contributed by atoms with Crippen LogP contribution in [-0.2, 0) is 4.79 Å². The number of carbonyl (C=O) groups is 1. The molecular weight excluding hydrogens is 324 g/mol. The van der Waals surface area contributed by atoms with Crippen LogP contribution in [0.4, 0.5) is 0 Å². The van der Waals surface area contributed by atoms with Crippen LogP contribution in [0.2, 0.25) is 0 Å². The van der Waals surface area contributed by atoms with Crippen LogP contribution >= 0.6 is 0 Å². The number of nitrogens with one attached hydrogen (secondary N) is 1. The standard InChI is InChI=1S/C17H24N4O4/c1-11(22)10-18-16(23)13-5-7-21(8-6-13)12(2)17-19-15(20-25-17)14-4-3-9-24-14/h3-4,9,11-13,22H,5-8,10H2,1-2H3,(H,18,23)/t11-,12-/m1/s1. The molecule has 25 heavy (non-hydrogen) atoms. The van der Waals surface area contributed by atoms with E-state index in [9.17, 15) is 9.90 Å². The van der Waals surface area contributed by atoms with E-state index in [4.69, 9.17) is 8.94 Å². The lowest BCUT2D eigenvalue weighted by atomic mass is 9.95. The number of amides is 1. The van der Waals surface area contributed by atoms with E-state index in [0.29, 0.717) is 24.0 Å². The molecule has 0 radical (unpaired) electrons. The minimum absolute atomic E-state index is 0.0106. The van der Waals surface area contributed by atoms with Crippen molar-refractivity contribution in [2.75, 3.05) is 19.6 Å². The number of hydrogen-bond acceptors (Lipinski definition) is 7. The molecule has 8 heteroatoms. The number of hydrogen-bond donors (Lipinski definition) is 2. The predicted octanol–water partition coefficient (Wildman–Crippen LogP) is 1.60. The van der Waals surface area contributed by atoms with Gasteiger partial charge in [0.2, 0.25) is 17.6 Å². The molecule has 1 aliphatic heterocycles. The fourth-order valence-electron chi connectivity index (χ4n) is 3.01. The molecule has 2 atom stereocenters. The van der Waals surface area contributed by atoms with Crippen LogP contribution in [0.5, 0.6) is 0 Å². The number of furan rings is 1. The van der Waals surface area contributed by atoms with Crippen LogP contribution in [0.1, 0.15) is 38.6 Å². The number of aromatic nitrogens is 2. The molecule has 0 aliphatic carbocycles. The van der Waals surface area contributed by atoms with Crippen LogP contribution in [0, 0.1) is 5.92 Å². The molecule has 0 aromatic carbocycles. The van der Waals surface area contributed by atoms with Gasteiger partial charge >= 0.3 is 0 Å². The lowest BCUT2D eigenvalue weighted by Gasteiger charge is -2.33. The summed E-state index contributed by atoms with van der Waals surface area (Å²) in [5.74, 6) is 1.58. The Balaban J connectivity index is 1.53. The number of carbonyl (C=O) groups excluding carboxylic acids is 1. The maximum absolute atomic E-state index is 12.1. The Morgan fingerprint density at radius 2 is 2.20 bits per heavy atom. The molecule has 1 aliphatic rings. The van der Waals surface area contributed by atoms with Crippen molar-refractivity contribution in [1.29, 1.82) is 0 Å². The first-order valence-electron chi connectivity index (χ1n) is 8.62. The minimum atomic E-state index is -0.523. The number of piperidine rings is 1. The number of aliphatic hydroxyl groups excluding tert-OH is 1. The van der Waals surface area contributed by atoms with Crippen molar-refractivity contribution in [2.24, 2.45) is 5.92 Å². The maximum Gasteiger partial charge on any atom is 0.244 e. The molecule has 136 valence electrons. The average Bonchev–Trinajstić information content (AvgIpc) is 3.30. The highest BCUT2D eigenvalue weighted by molar-refractivity contribution is 5.78. The van der Waals surface area contributed by atoms with Crippen molar-refractivity contribution in [1.82, 2.24) is 20.4 Å². The minimum Gasteiger partial charge on any atom is -0.461 e. The largest absolute Gasteiger partial charge is 0.461 e. The quantitative estimate of drug-likeness (QED) is 0.817. The van der Waals surface area contributed by atoms with Crippen LogP contribution in [-0.4, -0.2) is 51.8 Å². The van der Waals surface area contributed by atoms with E-state index in [2.05, 4.69) is 20.4 Å². The third-order valence-electron chi connectivity index (χ3n) is 4.56. The monoisotopic (exact) mass is 348 g/mol. The summed E-state index contributed by atoms with van der Waals surface area (Å²) in [5, 5.41) is 16.0. The Labute approximate surface area is 146 Å². The number of rotatable bonds is 6. The molecule has 8 nitrogen and oxygen atoms in total. The third kappa shape index (κ3) is 4.26. The summed E-state index contributed by atoms with van der Waals surface area (Å²) >= 11 is 0. The lowest BCUT2D eigenvalue weighted by molar-refractivity contribution is -0.127. The molecule has 2 N–H and O–H groups in total. The van der Waals surface area contributed by atoms with E-state index in [1.54, 1.807) is 25.3 Å². The average molecular weight is 348 g/mol. The van der Waals surface area contributed by atoms with Gasteiger partial charge < -0.3 is 19.4 Å². The number of likely N-dealkylation sites (tertiary alicyclic amines) is 1. The lowest BCUT2D eigenvalue weighted by Crippen LogP contribution is -2.42. The maximum atomic E-state index is 12.1. The molecule has 3 heterocycles. The summed E-state index contributed by atoms with van der Waals surface area (Å²) in [6, 6.07) is 3.55. The topological polar surface area (TPSA) is 105 Å². The molecule has 2 aromatic rings. The Morgan fingerprint density at radius 1 is 1.44 bits per heavy atom. The molecule has 0 bridgehead atoms. The second kappa shape index (κ2) is 7.79. The van der Waals surface area contributed by atoms with E-state index in [1.165, 1.54) is 0 Å². The van der Waals surface area contributed by atoms with Gasteiger partial charge in [-0.2, -0.15) is 4.98 Å². The summed E-state index contributed by atoms with van der Waals surface area (Å²) in [4.78, 5) is 18.7. The Morgan fingerprint density at radius 3 is 2.84 bits per heavy atom. The van der Waals surface area contributed by atoms with Crippen LogP contribution < -0.4 is 5.32 Å². The van der Waals surface area contributed by atoms with Gasteiger partial charge in [-0.3, -0.25) is 9.69 Å². The second-order valence-corrected chi connectivity index (χ2v) is 6.51. The molecule has 0 unspecified atom stereocenters. The third-order valence-corrected chi connectivity index (χ3v) is 4.56. The molecular formula is C17H24N4O4. The van der Waals surface area contributed by atoms with Crippen molar-refractivity contribution >= 4 is 5.91 Å². The van der Waals surface area contributed by atoms with E-state index in [1.807, 2.05) is 6.92 Å². The summed E-state index contributed by atoms with van der Waals surface area (Å²) in [5.41, 5.74) is 0. The molecule has 1 fully saturated rings. The molecule has 2 aromatic heterocycles. The van der Waals surface area contributed by atoms with Crippen molar-refractivity contribution in [3.05, 3.63) is 24.3 Å². The fraction of sp³-hybridized carbons (Fsp3) is 0.588. The van der Waals surface area contributed by atoms with E-state index < -0.39 is 6.10 Å². The SMILES string of the molecule is C[C@H](c1nc(-c2ccco2)no1)N1CCC(C(=O)NC[C@@H](C)O)CC1. The molecule has 1 saturated heterocycles. The highest BCUT2D eigenvalue weighted by atomic mass is 16.5. The van der Waals surface area contributed by atoms with Gasteiger partial charge in [0.15, 0.2) is 5.76 Å². The van der Waals surface area contributed by atoms with Gasteiger partial charge in [-0.15, -0.1) is 0 Å².